The average molecular weight is 426 g/mol. The second-order valence-corrected chi connectivity index (χ2v) is 6.88. The van der Waals surface area contributed by atoms with E-state index in [-0.39, 0.29) is 30.1 Å². The van der Waals surface area contributed by atoms with Gasteiger partial charge in [-0.1, -0.05) is 6.92 Å². The van der Waals surface area contributed by atoms with Crippen LogP contribution >= 0.6 is 0 Å². The quantitative estimate of drug-likeness (QED) is 0.663. The van der Waals surface area contributed by atoms with E-state index in [1.165, 1.54) is 45.9 Å². The lowest BCUT2D eigenvalue weighted by Gasteiger charge is -2.14. The molecule has 1 unspecified atom stereocenters. The third-order valence-electron chi connectivity index (χ3n) is 4.85. The maximum Gasteiger partial charge on any atom is 0.416 e. The van der Waals surface area contributed by atoms with Crippen molar-refractivity contribution in [3.8, 4) is 16.9 Å². The lowest BCUT2D eigenvalue weighted by molar-refractivity contribution is -0.123. The van der Waals surface area contributed by atoms with Crippen molar-refractivity contribution in [3.63, 3.8) is 0 Å². The SMILES string of the molecule is CCC(=O)NC1CN(c2ccc(-c3ccc(-n4cnn(C)c4=O)nc3)c(F)c2)C(=O)O1. The van der Waals surface area contributed by atoms with Crippen molar-refractivity contribution in [1.82, 2.24) is 24.6 Å². The Kier molecular flexibility index (Phi) is 5.24. The van der Waals surface area contributed by atoms with Gasteiger partial charge in [0.2, 0.25) is 5.91 Å². The van der Waals surface area contributed by atoms with Crippen LogP contribution in [0.25, 0.3) is 16.9 Å². The molecule has 1 atom stereocenters. The Hall–Kier alpha value is -4.02. The van der Waals surface area contributed by atoms with E-state index in [9.17, 15) is 18.8 Å². The van der Waals surface area contributed by atoms with Crippen LogP contribution in [-0.2, 0) is 16.6 Å². The molecule has 1 aliphatic heterocycles. The summed E-state index contributed by atoms with van der Waals surface area (Å²) in [5, 5.41) is 6.45. The number of carbonyl (C=O) groups excluding carboxylic acids is 2. The molecule has 160 valence electrons. The van der Waals surface area contributed by atoms with E-state index < -0.39 is 18.1 Å². The van der Waals surface area contributed by atoms with Gasteiger partial charge in [0.15, 0.2) is 6.23 Å². The summed E-state index contributed by atoms with van der Waals surface area (Å²) in [7, 11) is 1.53. The fourth-order valence-corrected chi connectivity index (χ4v) is 3.17. The number of aryl methyl sites for hydroxylation is 1. The Morgan fingerprint density at radius 1 is 1.29 bits per heavy atom. The van der Waals surface area contributed by atoms with Crippen LogP contribution < -0.4 is 15.9 Å². The van der Waals surface area contributed by atoms with Gasteiger partial charge in [-0.25, -0.2) is 28.2 Å². The number of hydrogen-bond donors (Lipinski definition) is 1. The zero-order valence-corrected chi connectivity index (χ0v) is 16.8. The number of amides is 2. The third kappa shape index (κ3) is 3.89. The maximum absolute atomic E-state index is 14.8. The van der Waals surface area contributed by atoms with Crippen molar-refractivity contribution in [1.29, 1.82) is 0 Å². The number of nitrogens with zero attached hydrogens (tertiary/aromatic N) is 5. The molecular formula is C20H19FN6O4. The minimum atomic E-state index is -0.782. The zero-order chi connectivity index (χ0) is 22.1. The van der Waals surface area contributed by atoms with Crippen LogP contribution in [0, 0.1) is 5.82 Å². The lowest BCUT2D eigenvalue weighted by atomic mass is 10.1. The largest absolute Gasteiger partial charge is 0.423 e. The zero-order valence-electron chi connectivity index (χ0n) is 16.8. The smallest absolute Gasteiger partial charge is 0.416 e. The first-order valence-electron chi connectivity index (χ1n) is 9.52. The summed E-state index contributed by atoms with van der Waals surface area (Å²) in [6.07, 6.45) is 1.62. The summed E-state index contributed by atoms with van der Waals surface area (Å²) in [6.45, 7) is 1.77. The van der Waals surface area contributed by atoms with Crippen LogP contribution in [0.3, 0.4) is 0 Å². The molecule has 3 heterocycles. The van der Waals surface area contributed by atoms with Crippen LogP contribution in [0.2, 0.25) is 0 Å². The summed E-state index contributed by atoms with van der Waals surface area (Å²) in [5.41, 5.74) is 0.749. The van der Waals surface area contributed by atoms with E-state index in [0.717, 1.165) is 0 Å². The van der Waals surface area contributed by atoms with Gasteiger partial charge in [0.25, 0.3) is 0 Å². The first-order valence-corrected chi connectivity index (χ1v) is 9.52. The molecule has 31 heavy (non-hydrogen) atoms. The number of pyridine rings is 1. The molecule has 10 nitrogen and oxygen atoms in total. The third-order valence-corrected chi connectivity index (χ3v) is 4.85. The van der Waals surface area contributed by atoms with E-state index >= 15 is 0 Å². The molecule has 0 saturated carbocycles. The molecule has 1 aliphatic rings. The summed E-state index contributed by atoms with van der Waals surface area (Å²) in [4.78, 5) is 41.0. The van der Waals surface area contributed by atoms with Crippen LogP contribution in [0.15, 0.2) is 47.7 Å². The molecule has 0 spiro atoms. The van der Waals surface area contributed by atoms with Gasteiger partial charge in [-0.05, 0) is 30.3 Å². The molecule has 2 aromatic heterocycles. The minimum absolute atomic E-state index is 0.0828. The molecule has 4 rings (SSSR count). The second kappa shape index (κ2) is 8.01. The molecule has 1 fully saturated rings. The Balaban J connectivity index is 1.54. The van der Waals surface area contributed by atoms with Crippen LogP contribution in [-0.4, -0.2) is 44.1 Å². The van der Waals surface area contributed by atoms with Crippen molar-refractivity contribution >= 4 is 17.7 Å². The number of halogens is 1. The molecule has 1 aromatic carbocycles. The Morgan fingerprint density at radius 2 is 2.10 bits per heavy atom. The van der Waals surface area contributed by atoms with E-state index in [1.54, 1.807) is 25.1 Å². The summed E-state index contributed by atoms with van der Waals surface area (Å²) in [6, 6.07) is 7.57. The normalized spacial score (nSPS) is 15.8. The first kappa shape index (κ1) is 20.3. The molecule has 1 saturated heterocycles. The summed E-state index contributed by atoms with van der Waals surface area (Å²) < 4.78 is 22.4. The number of nitrogens with one attached hydrogen (secondary N) is 1. The van der Waals surface area contributed by atoms with Gasteiger partial charge in [0.05, 0.1) is 12.2 Å². The van der Waals surface area contributed by atoms with Gasteiger partial charge in [-0.2, -0.15) is 5.10 Å². The number of benzene rings is 1. The molecule has 0 bridgehead atoms. The standard InChI is InChI=1S/C20H19FN6O4/c1-3-17(28)24-18-10-26(20(30)31-18)13-5-6-14(15(21)8-13)12-4-7-16(22-9-12)27-11-23-25(2)19(27)29/h4-9,11,18H,3,10H2,1-2H3,(H,24,28). The number of rotatable bonds is 5. The van der Waals surface area contributed by atoms with Gasteiger partial charge >= 0.3 is 11.8 Å². The first-order chi connectivity index (χ1) is 14.9. The predicted octanol–water partition coefficient (Wildman–Crippen LogP) is 1.58. The van der Waals surface area contributed by atoms with Crippen molar-refractivity contribution in [2.45, 2.75) is 19.6 Å². The van der Waals surface area contributed by atoms with Gasteiger partial charge in [0.1, 0.15) is 18.0 Å². The fraction of sp³-hybridized carbons (Fsp3) is 0.250. The maximum atomic E-state index is 14.8. The Morgan fingerprint density at radius 3 is 2.71 bits per heavy atom. The Bertz CT molecular complexity index is 1200. The van der Waals surface area contributed by atoms with Gasteiger partial charge in [0, 0.05) is 30.8 Å². The van der Waals surface area contributed by atoms with Crippen molar-refractivity contribution in [3.05, 3.63) is 59.2 Å². The number of carbonyl (C=O) groups is 2. The average Bonchev–Trinajstić information content (AvgIpc) is 3.29. The lowest BCUT2D eigenvalue weighted by Crippen LogP contribution is -2.37. The highest BCUT2D eigenvalue weighted by Gasteiger charge is 2.33. The van der Waals surface area contributed by atoms with Crippen molar-refractivity contribution in [2.24, 2.45) is 7.05 Å². The number of hydrogen-bond acceptors (Lipinski definition) is 6. The minimum Gasteiger partial charge on any atom is -0.423 e. The highest BCUT2D eigenvalue weighted by Crippen LogP contribution is 2.28. The van der Waals surface area contributed by atoms with Gasteiger partial charge in [-0.3, -0.25) is 9.69 Å². The van der Waals surface area contributed by atoms with Crippen molar-refractivity contribution < 1.29 is 18.7 Å². The fourth-order valence-electron chi connectivity index (χ4n) is 3.17. The summed E-state index contributed by atoms with van der Waals surface area (Å²) >= 11 is 0. The molecule has 0 aliphatic carbocycles. The molecule has 1 N–H and O–H groups in total. The highest BCUT2D eigenvalue weighted by molar-refractivity contribution is 5.90. The second-order valence-electron chi connectivity index (χ2n) is 6.88. The van der Waals surface area contributed by atoms with E-state index in [4.69, 9.17) is 4.74 Å². The topological polar surface area (TPSA) is 111 Å². The monoisotopic (exact) mass is 426 g/mol. The van der Waals surface area contributed by atoms with E-state index in [0.29, 0.717) is 17.1 Å². The number of aromatic nitrogens is 4. The van der Waals surface area contributed by atoms with Crippen LogP contribution in [0.4, 0.5) is 14.9 Å². The van der Waals surface area contributed by atoms with Crippen LogP contribution in [0.5, 0.6) is 0 Å². The van der Waals surface area contributed by atoms with Gasteiger partial charge < -0.3 is 10.1 Å². The Labute approximate surface area is 175 Å². The number of cyclic esters (lactones) is 1. The number of ether oxygens (including phenoxy) is 1. The van der Waals surface area contributed by atoms with Crippen LogP contribution in [0.1, 0.15) is 13.3 Å². The highest BCUT2D eigenvalue weighted by atomic mass is 19.1. The van der Waals surface area contributed by atoms with Crippen molar-refractivity contribution in [2.75, 3.05) is 11.4 Å². The predicted molar refractivity (Wildman–Crippen MR) is 108 cm³/mol. The summed E-state index contributed by atoms with van der Waals surface area (Å²) in [5.74, 6) is -0.441. The number of anilines is 1. The van der Waals surface area contributed by atoms with E-state index in [1.807, 2.05) is 0 Å². The molecule has 3 aromatic rings. The molecule has 0 radical (unpaired) electrons. The molecular weight excluding hydrogens is 407 g/mol. The van der Waals surface area contributed by atoms with E-state index in [2.05, 4.69) is 15.4 Å². The molecule has 11 heteroatoms. The molecule has 2 amide bonds. The van der Waals surface area contributed by atoms with Gasteiger partial charge in [-0.15, -0.1) is 0 Å².